The summed E-state index contributed by atoms with van der Waals surface area (Å²) in [5.74, 6) is -0.232. The number of carbonyl (C=O) groups is 1. The molecule has 0 saturated carbocycles. The average molecular weight is 438 g/mol. The average Bonchev–Trinajstić information content (AvgIpc) is 3.22. The first-order valence-corrected chi connectivity index (χ1v) is 11.5. The van der Waals surface area contributed by atoms with Gasteiger partial charge in [0.1, 0.15) is 6.61 Å². The molecule has 0 aromatic heterocycles. The third-order valence-corrected chi connectivity index (χ3v) is 6.23. The van der Waals surface area contributed by atoms with Gasteiger partial charge < -0.3 is 9.47 Å². The molecule has 3 aromatic rings. The van der Waals surface area contributed by atoms with Crippen LogP contribution in [-0.2, 0) is 20.9 Å². The third kappa shape index (κ3) is 5.12. The molecule has 0 radical (unpaired) electrons. The van der Waals surface area contributed by atoms with E-state index in [1.165, 1.54) is 0 Å². The van der Waals surface area contributed by atoms with Gasteiger partial charge >= 0.3 is 5.97 Å². The molecule has 0 amide bonds. The molecule has 2 heterocycles. The van der Waals surface area contributed by atoms with Crippen molar-refractivity contribution in [2.45, 2.75) is 37.7 Å². The van der Waals surface area contributed by atoms with E-state index in [0.717, 1.165) is 35.2 Å². The van der Waals surface area contributed by atoms with Crippen molar-refractivity contribution in [3.63, 3.8) is 0 Å². The van der Waals surface area contributed by atoms with Gasteiger partial charge in [-0.1, -0.05) is 103 Å². The van der Waals surface area contributed by atoms with E-state index in [4.69, 9.17) is 14.5 Å². The van der Waals surface area contributed by atoms with Crippen LogP contribution in [0.25, 0.3) is 0 Å². The summed E-state index contributed by atoms with van der Waals surface area (Å²) < 4.78 is 11.7. The van der Waals surface area contributed by atoms with Gasteiger partial charge in [0.05, 0.1) is 17.9 Å². The van der Waals surface area contributed by atoms with Gasteiger partial charge in [-0.05, 0) is 24.3 Å². The quantitative estimate of drug-likeness (QED) is 0.284. The molecular formula is C29H27NO3. The van der Waals surface area contributed by atoms with E-state index in [0.29, 0.717) is 0 Å². The van der Waals surface area contributed by atoms with Gasteiger partial charge in [0.15, 0.2) is 6.04 Å². The number of hydrogen-bond acceptors (Lipinski definition) is 4. The monoisotopic (exact) mass is 437 g/mol. The predicted molar refractivity (Wildman–Crippen MR) is 129 cm³/mol. The maximum atomic E-state index is 13.5. The molecule has 4 atom stereocenters. The standard InChI is InChI=1S/C29H27NO3/c31-29(32-20-21-10-4-1-5-11-21)28(24-18-25-16-17-26(19-24)33-25)30-27(22-12-6-2-7-13-22)23-14-8-3-9-15-23/h1-17,24-26,28H,18-20H2/t24?,25-,26+,28-/m1/s1. The molecule has 4 heteroatoms. The minimum atomic E-state index is -0.599. The summed E-state index contributed by atoms with van der Waals surface area (Å²) in [6.45, 7) is 0.242. The highest BCUT2D eigenvalue weighted by molar-refractivity contribution is 6.13. The first kappa shape index (κ1) is 21.4. The summed E-state index contributed by atoms with van der Waals surface area (Å²) in [4.78, 5) is 18.6. The summed E-state index contributed by atoms with van der Waals surface area (Å²) in [6.07, 6.45) is 5.83. The molecule has 1 saturated heterocycles. The molecule has 1 fully saturated rings. The minimum Gasteiger partial charge on any atom is -0.459 e. The van der Waals surface area contributed by atoms with Gasteiger partial charge in [0, 0.05) is 11.1 Å². The molecule has 0 aliphatic carbocycles. The molecule has 166 valence electrons. The number of esters is 1. The van der Waals surface area contributed by atoms with E-state index in [9.17, 15) is 4.79 Å². The Morgan fingerprint density at radius 3 is 1.88 bits per heavy atom. The van der Waals surface area contributed by atoms with Crippen molar-refractivity contribution in [2.75, 3.05) is 0 Å². The molecule has 2 aliphatic heterocycles. The Bertz CT molecular complexity index is 1070. The van der Waals surface area contributed by atoms with E-state index in [-0.39, 0.29) is 30.7 Å². The normalized spacial score (nSPS) is 21.9. The Morgan fingerprint density at radius 2 is 1.33 bits per heavy atom. The Kier molecular flexibility index (Phi) is 6.45. The van der Waals surface area contributed by atoms with E-state index >= 15 is 0 Å². The van der Waals surface area contributed by atoms with Crippen LogP contribution in [0.2, 0.25) is 0 Å². The summed E-state index contributed by atoms with van der Waals surface area (Å²) in [7, 11) is 0. The Balaban J connectivity index is 1.49. The van der Waals surface area contributed by atoms with Crippen LogP contribution in [0.4, 0.5) is 0 Å². The molecule has 33 heavy (non-hydrogen) atoms. The summed E-state index contributed by atoms with van der Waals surface area (Å²) in [5, 5.41) is 0. The van der Waals surface area contributed by atoms with Gasteiger partial charge in [-0.3, -0.25) is 4.99 Å². The lowest BCUT2D eigenvalue weighted by molar-refractivity contribution is -0.149. The molecule has 0 N–H and O–H groups in total. The van der Waals surface area contributed by atoms with Crippen LogP contribution >= 0.6 is 0 Å². The van der Waals surface area contributed by atoms with E-state index < -0.39 is 6.04 Å². The van der Waals surface area contributed by atoms with Gasteiger partial charge in [0.25, 0.3) is 0 Å². The smallest absolute Gasteiger partial charge is 0.331 e. The van der Waals surface area contributed by atoms with E-state index in [1.807, 2.05) is 91.0 Å². The predicted octanol–water partition coefficient (Wildman–Crippen LogP) is 5.37. The second-order valence-electron chi connectivity index (χ2n) is 8.58. The lowest BCUT2D eigenvalue weighted by atomic mass is 9.87. The summed E-state index contributed by atoms with van der Waals surface area (Å²) in [5.41, 5.74) is 3.74. The fourth-order valence-corrected chi connectivity index (χ4v) is 4.59. The zero-order chi connectivity index (χ0) is 22.5. The van der Waals surface area contributed by atoms with Crippen molar-refractivity contribution in [1.29, 1.82) is 0 Å². The van der Waals surface area contributed by atoms with Gasteiger partial charge in [-0.25, -0.2) is 4.79 Å². The number of rotatable bonds is 7. The lowest BCUT2D eigenvalue weighted by Crippen LogP contribution is -2.38. The fraction of sp³-hybridized carbons (Fsp3) is 0.241. The summed E-state index contributed by atoms with van der Waals surface area (Å²) >= 11 is 0. The van der Waals surface area contributed by atoms with Crippen molar-refractivity contribution < 1.29 is 14.3 Å². The number of ether oxygens (including phenoxy) is 2. The Labute approximate surface area is 194 Å². The molecule has 4 nitrogen and oxygen atoms in total. The SMILES string of the molecule is O=C(OCc1ccccc1)[C@H](N=C(c1ccccc1)c1ccccc1)C1C[C@H]2C=C[C@@H](C1)O2. The third-order valence-electron chi connectivity index (χ3n) is 6.23. The van der Waals surface area contributed by atoms with Crippen LogP contribution in [-0.4, -0.2) is 29.9 Å². The first-order valence-electron chi connectivity index (χ1n) is 11.5. The number of fused-ring (bicyclic) bond motifs is 2. The van der Waals surface area contributed by atoms with Crippen LogP contribution < -0.4 is 0 Å². The molecule has 2 bridgehead atoms. The van der Waals surface area contributed by atoms with Crippen LogP contribution in [0, 0.1) is 5.92 Å². The first-order chi connectivity index (χ1) is 16.3. The van der Waals surface area contributed by atoms with Gasteiger partial charge in [-0.15, -0.1) is 0 Å². The Hall–Kier alpha value is -3.50. The minimum absolute atomic E-state index is 0.0465. The largest absolute Gasteiger partial charge is 0.459 e. The highest BCUT2D eigenvalue weighted by atomic mass is 16.5. The Morgan fingerprint density at radius 1 is 0.818 bits per heavy atom. The molecule has 0 spiro atoms. The second kappa shape index (κ2) is 9.97. The maximum absolute atomic E-state index is 13.5. The number of benzene rings is 3. The lowest BCUT2D eigenvalue weighted by Gasteiger charge is -2.32. The number of aliphatic imine (C=N–C) groups is 1. The van der Waals surface area contributed by atoms with Gasteiger partial charge in [0.2, 0.25) is 0 Å². The van der Waals surface area contributed by atoms with Gasteiger partial charge in [-0.2, -0.15) is 0 Å². The highest BCUT2D eigenvalue weighted by Crippen LogP contribution is 2.35. The molecule has 5 rings (SSSR count). The second-order valence-corrected chi connectivity index (χ2v) is 8.58. The number of hydrogen-bond donors (Lipinski definition) is 0. The van der Waals surface area contributed by atoms with Crippen molar-refractivity contribution in [3.05, 3.63) is 120 Å². The van der Waals surface area contributed by atoms with Crippen LogP contribution in [0.1, 0.15) is 29.5 Å². The number of nitrogens with zero attached hydrogens (tertiary/aromatic N) is 1. The zero-order valence-electron chi connectivity index (χ0n) is 18.4. The van der Waals surface area contributed by atoms with Crippen molar-refractivity contribution in [3.8, 4) is 0 Å². The topological polar surface area (TPSA) is 47.9 Å². The van der Waals surface area contributed by atoms with Crippen LogP contribution in [0.5, 0.6) is 0 Å². The molecule has 2 aliphatic rings. The number of carbonyl (C=O) groups excluding carboxylic acids is 1. The van der Waals surface area contributed by atoms with Crippen molar-refractivity contribution in [2.24, 2.45) is 10.9 Å². The highest BCUT2D eigenvalue weighted by Gasteiger charge is 2.39. The van der Waals surface area contributed by atoms with Crippen LogP contribution in [0.3, 0.4) is 0 Å². The van der Waals surface area contributed by atoms with Crippen molar-refractivity contribution in [1.82, 2.24) is 0 Å². The maximum Gasteiger partial charge on any atom is 0.331 e. The zero-order valence-corrected chi connectivity index (χ0v) is 18.4. The van der Waals surface area contributed by atoms with E-state index in [1.54, 1.807) is 0 Å². The van der Waals surface area contributed by atoms with Crippen molar-refractivity contribution >= 4 is 11.7 Å². The van der Waals surface area contributed by atoms with Crippen LogP contribution in [0.15, 0.2) is 108 Å². The van der Waals surface area contributed by atoms with E-state index in [2.05, 4.69) is 12.2 Å². The molecular weight excluding hydrogens is 410 g/mol. The molecule has 1 unspecified atom stereocenters. The molecule has 3 aromatic carbocycles. The fourth-order valence-electron chi connectivity index (χ4n) is 4.59. The summed E-state index contributed by atoms with van der Waals surface area (Å²) in [6, 6.07) is 29.3.